The highest BCUT2D eigenvalue weighted by Gasteiger charge is 2.41. The van der Waals surface area contributed by atoms with Crippen LogP contribution in [0.2, 0.25) is 0 Å². The first-order valence-corrected chi connectivity index (χ1v) is 8.60. The lowest BCUT2D eigenvalue weighted by Crippen LogP contribution is -2.63. The maximum atomic E-state index is 3.81. The Morgan fingerprint density at radius 3 is 2.95 bits per heavy atom. The fraction of sp³-hybridized carbons (Fsp3) is 0.750. The molecule has 0 aromatic carbocycles. The molecule has 19 heavy (non-hydrogen) atoms. The van der Waals surface area contributed by atoms with Crippen LogP contribution in [-0.2, 0) is 6.42 Å². The summed E-state index contributed by atoms with van der Waals surface area (Å²) in [6, 6.07) is 5.20. The molecule has 0 amide bonds. The molecule has 3 rings (SSSR count). The van der Waals surface area contributed by atoms with Crippen LogP contribution in [0.1, 0.15) is 38.0 Å². The monoisotopic (exact) mass is 278 g/mol. The third-order valence-electron chi connectivity index (χ3n) is 5.09. The Kier molecular flexibility index (Phi) is 3.97. The Balaban J connectivity index is 1.62. The number of nitrogens with zero attached hydrogens (tertiary/aromatic N) is 1. The first-order chi connectivity index (χ1) is 9.21. The van der Waals surface area contributed by atoms with Gasteiger partial charge in [-0.25, -0.2) is 0 Å². The minimum absolute atomic E-state index is 0.350. The van der Waals surface area contributed by atoms with Gasteiger partial charge in [-0.05, 0) is 50.0 Å². The Bertz CT molecular complexity index is 399. The van der Waals surface area contributed by atoms with Gasteiger partial charge in [0.2, 0.25) is 0 Å². The van der Waals surface area contributed by atoms with Crippen LogP contribution in [0.4, 0.5) is 0 Å². The van der Waals surface area contributed by atoms with Gasteiger partial charge in [-0.2, -0.15) is 0 Å². The van der Waals surface area contributed by atoms with Gasteiger partial charge in [-0.1, -0.05) is 13.0 Å². The third-order valence-corrected chi connectivity index (χ3v) is 6.02. The van der Waals surface area contributed by atoms with Crippen molar-refractivity contribution >= 4 is 11.3 Å². The minimum Gasteiger partial charge on any atom is -0.311 e. The van der Waals surface area contributed by atoms with E-state index in [9.17, 15) is 0 Å². The standard InChI is InChI=1S/C16H26N2S/c1-3-16(2)12-17-15(13-6-7-13)11-18(16)9-8-14-5-4-10-19-14/h4-5,10,13,15,17H,3,6-9,11-12H2,1-2H3. The van der Waals surface area contributed by atoms with E-state index in [1.165, 1.54) is 43.6 Å². The van der Waals surface area contributed by atoms with Crippen LogP contribution in [0.3, 0.4) is 0 Å². The van der Waals surface area contributed by atoms with Crippen molar-refractivity contribution in [1.29, 1.82) is 0 Å². The predicted molar refractivity (Wildman–Crippen MR) is 82.8 cm³/mol. The molecule has 1 saturated heterocycles. The Hall–Kier alpha value is -0.380. The van der Waals surface area contributed by atoms with E-state index >= 15 is 0 Å². The average Bonchev–Trinajstić information content (AvgIpc) is 3.14. The van der Waals surface area contributed by atoms with Gasteiger partial charge in [0.25, 0.3) is 0 Å². The first-order valence-electron chi connectivity index (χ1n) is 7.72. The van der Waals surface area contributed by atoms with Crippen molar-refractivity contribution in [2.45, 2.75) is 51.1 Å². The van der Waals surface area contributed by atoms with Crippen molar-refractivity contribution in [2.75, 3.05) is 19.6 Å². The highest BCUT2D eigenvalue weighted by atomic mass is 32.1. The number of piperazine rings is 1. The fourth-order valence-electron chi connectivity index (χ4n) is 3.21. The van der Waals surface area contributed by atoms with Crippen molar-refractivity contribution in [1.82, 2.24) is 10.2 Å². The lowest BCUT2D eigenvalue weighted by Gasteiger charge is -2.48. The third kappa shape index (κ3) is 3.04. The van der Waals surface area contributed by atoms with Crippen LogP contribution < -0.4 is 5.32 Å². The average molecular weight is 278 g/mol. The van der Waals surface area contributed by atoms with Gasteiger partial charge < -0.3 is 5.32 Å². The van der Waals surface area contributed by atoms with Gasteiger partial charge in [-0.15, -0.1) is 11.3 Å². The van der Waals surface area contributed by atoms with E-state index in [1.807, 2.05) is 11.3 Å². The Morgan fingerprint density at radius 2 is 2.32 bits per heavy atom. The zero-order valence-corrected chi connectivity index (χ0v) is 13.0. The predicted octanol–water partition coefficient (Wildman–Crippen LogP) is 3.14. The zero-order chi connectivity index (χ0) is 13.3. The van der Waals surface area contributed by atoms with Crippen molar-refractivity contribution in [3.8, 4) is 0 Å². The molecule has 2 unspecified atom stereocenters. The molecule has 2 aliphatic rings. The molecular weight excluding hydrogens is 252 g/mol. The van der Waals surface area contributed by atoms with Gasteiger partial charge >= 0.3 is 0 Å². The van der Waals surface area contributed by atoms with Gasteiger partial charge in [0.1, 0.15) is 0 Å². The lowest BCUT2D eigenvalue weighted by molar-refractivity contribution is 0.0454. The number of hydrogen-bond donors (Lipinski definition) is 1. The molecule has 1 aromatic heterocycles. The molecule has 0 radical (unpaired) electrons. The summed E-state index contributed by atoms with van der Waals surface area (Å²) < 4.78 is 0. The number of thiophene rings is 1. The number of hydrogen-bond acceptors (Lipinski definition) is 3. The normalized spacial score (nSPS) is 32.6. The summed E-state index contributed by atoms with van der Waals surface area (Å²) in [4.78, 5) is 4.28. The molecular formula is C16H26N2S. The molecule has 1 aliphatic carbocycles. The van der Waals surface area contributed by atoms with Gasteiger partial charge in [0, 0.05) is 36.1 Å². The molecule has 0 spiro atoms. The summed E-state index contributed by atoms with van der Waals surface area (Å²) >= 11 is 1.90. The maximum absolute atomic E-state index is 3.81. The van der Waals surface area contributed by atoms with E-state index < -0.39 is 0 Å². The van der Waals surface area contributed by atoms with E-state index in [4.69, 9.17) is 0 Å². The summed E-state index contributed by atoms with van der Waals surface area (Å²) in [6.07, 6.45) is 5.34. The summed E-state index contributed by atoms with van der Waals surface area (Å²) in [5, 5.41) is 6.00. The molecule has 0 bridgehead atoms. The van der Waals surface area contributed by atoms with Crippen LogP contribution >= 0.6 is 11.3 Å². The minimum atomic E-state index is 0.350. The van der Waals surface area contributed by atoms with Crippen molar-refractivity contribution < 1.29 is 0 Å². The first kappa shape index (κ1) is 13.6. The van der Waals surface area contributed by atoms with E-state index in [1.54, 1.807) is 0 Å². The van der Waals surface area contributed by atoms with Gasteiger partial charge in [0.05, 0.1) is 0 Å². The summed E-state index contributed by atoms with van der Waals surface area (Å²) in [5.41, 5.74) is 0.350. The molecule has 2 fully saturated rings. The molecule has 2 heterocycles. The van der Waals surface area contributed by atoms with Crippen molar-refractivity contribution in [3.05, 3.63) is 22.4 Å². The Labute approximate surface area is 121 Å². The van der Waals surface area contributed by atoms with E-state index in [2.05, 4.69) is 41.6 Å². The molecule has 2 atom stereocenters. The summed E-state index contributed by atoms with van der Waals surface area (Å²) in [5.74, 6) is 0.964. The summed E-state index contributed by atoms with van der Waals surface area (Å²) in [7, 11) is 0. The number of nitrogens with one attached hydrogen (secondary N) is 1. The molecule has 1 N–H and O–H groups in total. The largest absolute Gasteiger partial charge is 0.311 e. The second-order valence-corrected chi connectivity index (χ2v) is 7.48. The maximum Gasteiger partial charge on any atom is 0.0304 e. The topological polar surface area (TPSA) is 15.3 Å². The van der Waals surface area contributed by atoms with Crippen molar-refractivity contribution in [3.63, 3.8) is 0 Å². The smallest absolute Gasteiger partial charge is 0.0304 e. The van der Waals surface area contributed by atoms with E-state index in [0.29, 0.717) is 5.54 Å². The molecule has 1 aromatic rings. The SMILES string of the molecule is CCC1(C)CNC(C2CC2)CN1CCc1cccs1. The van der Waals surface area contributed by atoms with Crippen LogP contribution in [0, 0.1) is 5.92 Å². The summed E-state index contributed by atoms with van der Waals surface area (Å²) in [6.45, 7) is 8.39. The zero-order valence-electron chi connectivity index (χ0n) is 12.2. The van der Waals surface area contributed by atoms with Crippen LogP contribution in [0.15, 0.2) is 17.5 Å². The second-order valence-electron chi connectivity index (χ2n) is 6.45. The Morgan fingerprint density at radius 1 is 1.47 bits per heavy atom. The quantitative estimate of drug-likeness (QED) is 0.890. The number of rotatable bonds is 5. The molecule has 1 aliphatic heterocycles. The van der Waals surface area contributed by atoms with E-state index in [-0.39, 0.29) is 0 Å². The van der Waals surface area contributed by atoms with Crippen LogP contribution in [0.25, 0.3) is 0 Å². The van der Waals surface area contributed by atoms with Gasteiger partial charge in [-0.3, -0.25) is 4.90 Å². The molecule has 106 valence electrons. The molecule has 2 nitrogen and oxygen atoms in total. The highest BCUT2D eigenvalue weighted by Crippen LogP contribution is 2.36. The lowest BCUT2D eigenvalue weighted by atomic mass is 9.91. The fourth-order valence-corrected chi connectivity index (χ4v) is 3.91. The van der Waals surface area contributed by atoms with Crippen molar-refractivity contribution in [2.24, 2.45) is 5.92 Å². The molecule has 3 heteroatoms. The van der Waals surface area contributed by atoms with Crippen LogP contribution in [-0.4, -0.2) is 36.1 Å². The highest BCUT2D eigenvalue weighted by molar-refractivity contribution is 7.09. The molecule has 1 saturated carbocycles. The van der Waals surface area contributed by atoms with Crippen LogP contribution in [0.5, 0.6) is 0 Å². The van der Waals surface area contributed by atoms with E-state index in [0.717, 1.165) is 18.5 Å². The second kappa shape index (κ2) is 5.55. The van der Waals surface area contributed by atoms with Gasteiger partial charge in [0.15, 0.2) is 0 Å².